The largest absolute Gasteiger partial charge is 0.360 e. The third kappa shape index (κ3) is 2.13. The number of fused-ring (bicyclic) bond motifs is 2. The van der Waals surface area contributed by atoms with Gasteiger partial charge in [0.2, 0.25) is 5.91 Å². The predicted molar refractivity (Wildman–Crippen MR) is 101 cm³/mol. The first-order chi connectivity index (χ1) is 12.0. The molecule has 2 heterocycles. The maximum absolute atomic E-state index is 12.5. The number of benzene rings is 1. The number of aromatic nitrogens is 1. The van der Waals surface area contributed by atoms with Crippen molar-refractivity contribution in [1.29, 1.82) is 0 Å². The van der Waals surface area contributed by atoms with Gasteiger partial charge in [-0.1, -0.05) is 24.3 Å². The molecule has 1 aliphatic heterocycles. The molecule has 2 aromatic rings. The summed E-state index contributed by atoms with van der Waals surface area (Å²) in [5.74, 6) is 0.115. The van der Waals surface area contributed by atoms with Crippen LogP contribution in [0, 0.1) is 12.3 Å². The molecule has 1 N–H and O–H groups in total. The molecule has 1 amide bonds. The number of likely N-dealkylation sites (N-methyl/N-ethyl adjacent to an activating group) is 1. The van der Waals surface area contributed by atoms with Crippen LogP contribution in [0.15, 0.2) is 30.5 Å². The van der Waals surface area contributed by atoms with Gasteiger partial charge in [-0.05, 0) is 35.7 Å². The standard InChI is InChI=1S/C21H22N3O/c1-23(2)21(25)14-8-17-16-7-6-15(12-4-5-12)20-19(16)13(10-22-20)9-18(17)24(3)11-14/h4-8,10,14,18,22H,9,11H2,1-3H3/t14-,18-/m1/s1. The number of nitrogens with one attached hydrogen (secondary N) is 1. The second kappa shape index (κ2) is 5.09. The molecular formula is C21H22N3O. The lowest BCUT2D eigenvalue weighted by atomic mass is 9.79. The van der Waals surface area contributed by atoms with Crippen LogP contribution in [0.4, 0.5) is 0 Å². The van der Waals surface area contributed by atoms with Crippen LogP contribution in [-0.2, 0) is 11.2 Å². The van der Waals surface area contributed by atoms with Crippen molar-refractivity contribution in [2.75, 3.05) is 27.7 Å². The van der Waals surface area contributed by atoms with E-state index in [1.165, 1.54) is 38.7 Å². The molecule has 0 fully saturated rings. The van der Waals surface area contributed by atoms with E-state index in [9.17, 15) is 4.79 Å². The summed E-state index contributed by atoms with van der Waals surface area (Å²) >= 11 is 0. The van der Waals surface area contributed by atoms with Gasteiger partial charge in [-0.15, -0.1) is 0 Å². The highest BCUT2D eigenvalue weighted by atomic mass is 16.2. The summed E-state index contributed by atoms with van der Waals surface area (Å²) in [6, 6.07) is 4.82. The van der Waals surface area contributed by atoms with Gasteiger partial charge in [-0.2, -0.15) is 0 Å². The normalized spacial score (nSPS) is 24.6. The van der Waals surface area contributed by atoms with Crippen LogP contribution in [0.5, 0.6) is 0 Å². The number of H-pyrrole nitrogens is 1. The zero-order valence-electron chi connectivity index (χ0n) is 14.8. The maximum atomic E-state index is 12.5. The molecule has 2 aliphatic carbocycles. The van der Waals surface area contributed by atoms with Gasteiger partial charge in [0, 0.05) is 50.2 Å². The minimum atomic E-state index is -0.0686. The number of hydrogen-bond donors (Lipinski definition) is 1. The molecule has 1 radical (unpaired) electrons. The molecule has 0 spiro atoms. The lowest BCUT2D eigenvalue weighted by Crippen LogP contribution is -2.46. The first kappa shape index (κ1) is 15.0. The Labute approximate surface area is 147 Å². The summed E-state index contributed by atoms with van der Waals surface area (Å²) in [7, 11) is 5.82. The fourth-order valence-electron chi connectivity index (χ4n) is 4.46. The van der Waals surface area contributed by atoms with Gasteiger partial charge in [-0.3, -0.25) is 9.69 Å². The van der Waals surface area contributed by atoms with E-state index in [4.69, 9.17) is 0 Å². The zero-order valence-corrected chi connectivity index (χ0v) is 14.8. The van der Waals surface area contributed by atoms with E-state index in [1.54, 1.807) is 4.90 Å². The van der Waals surface area contributed by atoms with Crippen molar-refractivity contribution in [2.45, 2.75) is 12.5 Å². The van der Waals surface area contributed by atoms with E-state index in [1.807, 2.05) is 14.1 Å². The molecule has 0 unspecified atom stereocenters. The fourth-order valence-corrected chi connectivity index (χ4v) is 4.46. The van der Waals surface area contributed by atoms with Crippen LogP contribution >= 0.6 is 0 Å². The van der Waals surface area contributed by atoms with Gasteiger partial charge in [0.15, 0.2) is 0 Å². The van der Waals surface area contributed by atoms with E-state index in [-0.39, 0.29) is 11.8 Å². The monoisotopic (exact) mass is 332 g/mol. The SMILES string of the molecule is CN(C)C(=O)[C@@H]1C=C2c3ccc(C4=C[CH]4)c4[nH]cc(c34)C[C@H]2N(C)C1. The Morgan fingerprint density at radius 2 is 2.04 bits per heavy atom. The topological polar surface area (TPSA) is 39.3 Å². The lowest BCUT2D eigenvalue weighted by Gasteiger charge is -2.40. The van der Waals surface area contributed by atoms with Gasteiger partial charge in [0.05, 0.1) is 11.4 Å². The van der Waals surface area contributed by atoms with Crippen molar-refractivity contribution in [1.82, 2.24) is 14.8 Å². The first-order valence-electron chi connectivity index (χ1n) is 8.86. The highest BCUT2D eigenvalue weighted by Crippen LogP contribution is 2.44. The van der Waals surface area contributed by atoms with E-state index >= 15 is 0 Å². The van der Waals surface area contributed by atoms with Crippen molar-refractivity contribution in [3.63, 3.8) is 0 Å². The average molecular weight is 332 g/mol. The Morgan fingerprint density at radius 1 is 1.28 bits per heavy atom. The number of carbonyl (C=O) groups excluding carboxylic acids is 1. The summed E-state index contributed by atoms with van der Waals surface area (Å²) in [4.78, 5) is 20.1. The molecule has 1 aromatic carbocycles. The summed E-state index contributed by atoms with van der Waals surface area (Å²) in [6.07, 6.45) is 9.71. The van der Waals surface area contributed by atoms with Crippen LogP contribution in [0.3, 0.4) is 0 Å². The Bertz CT molecular complexity index is 963. The highest BCUT2D eigenvalue weighted by Gasteiger charge is 2.36. The van der Waals surface area contributed by atoms with Crippen LogP contribution in [0.2, 0.25) is 0 Å². The van der Waals surface area contributed by atoms with Crippen molar-refractivity contribution in [3.8, 4) is 0 Å². The van der Waals surface area contributed by atoms with Crippen LogP contribution in [0.25, 0.3) is 22.0 Å². The minimum absolute atomic E-state index is 0.0686. The molecule has 25 heavy (non-hydrogen) atoms. The third-order valence-corrected chi connectivity index (χ3v) is 5.80. The minimum Gasteiger partial charge on any atom is -0.360 e. The van der Waals surface area contributed by atoms with E-state index in [2.05, 4.69) is 53.8 Å². The van der Waals surface area contributed by atoms with E-state index in [0.29, 0.717) is 6.04 Å². The number of nitrogens with zero attached hydrogens (tertiary/aromatic N) is 2. The van der Waals surface area contributed by atoms with Crippen LogP contribution < -0.4 is 0 Å². The van der Waals surface area contributed by atoms with Gasteiger partial charge in [0.1, 0.15) is 0 Å². The van der Waals surface area contributed by atoms with Gasteiger partial charge in [0.25, 0.3) is 0 Å². The number of rotatable bonds is 2. The highest BCUT2D eigenvalue weighted by molar-refractivity contribution is 6.06. The first-order valence-corrected chi connectivity index (χ1v) is 8.86. The number of carbonyl (C=O) groups is 1. The van der Waals surface area contributed by atoms with Gasteiger partial charge >= 0.3 is 0 Å². The summed E-state index contributed by atoms with van der Waals surface area (Å²) in [5, 5.41) is 1.34. The lowest BCUT2D eigenvalue weighted by molar-refractivity contribution is -0.132. The van der Waals surface area contributed by atoms with Crippen molar-refractivity contribution >= 4 is 28.0 Å². The maximum Gasteiger partial charge on any atom is 0.230 e. The summed E-state index contributed by atoms with van der Waals surface area (Å²) in [6.45, 7) is 0.786. The molecule has 4 heteroatoms. The van der Waals surface area contributed by atoms with Crippen molar-refractivity contribution in [3.05, 3.63) is 53.6 Å². The zero-order chi connectivity index (χ0) is 17.3. The van der Waals surface area contributed by atoms with Crippen molar-refractivity contribution in [2.24, 2.45) is 5.92 Å². The van der Waals surface area contributed by atoms with Crippen LogP contribution in [0.1, 0.15) is 16.7 Å². The van der Waals surface area contributed by atoms with Crippen molar-refractivity contribution < 1.29 is 4.79 Å². The molecule has 2 atom stereocenters. The predicted octanol–water partition coefficient (Wildman–Crippen LogP) is 2.73. The van der Waals surface area contributed by atoms with Crippen LogP contribution in [-0.4, -0.2) is 54.4 Å². The smallest absolute Gasteiger partial charge is 0.230 e. The third-order valence-electron chi connectivity index (χ3n) is 5.80. The molecule has 1 aromatic heterocycles. The number of amides is 1. The Balaban J connectivity index is 1.68. The second-order valence-corrected chi connectivity index (χ2v) is 7.63. The van der Waals surface area contributed by atoms with Gasteiger partial charge < -0.3 is 9.88 Å². The van der Waals surface area contributed by atoms with E-state index < -0.39 is 0 Å². The Morgan fingerprint density at radius 3 is 2.76 bits per heavy atom. The molecule has 5 rings (SSSR count). The van der Waals surface area contributed by atoms with E-state index in [0.717, 1.165) is 13.0 Å². The number of hydrogen-bond acceptors (Lipinski definition) is 2. The number of allylic oxidation sites excluding steroid dienone is 2. The second-order valence-electron chi connectivity index (χ2n) is 7.63. The number of aromatic amines is 1. The molecule has 4 nitrogen and oxygen atoms in total. The molecular weight excluding hydrogens is 310 g/mol. The molecule has 0 saturated carbocycles. The molecule has 0 bridgehead atoms. The quantitative estimate of drug-likeness (QED) is 0.918. The molecule has 3 aliphatic rings. The summed E-state index contributed by atoms with van der Waals surface area (Å²) in [5.41, 5.74) is 7.82. The molecule has 0 saturated heterocycles. The fraction of sp³-hybridized carbons (Fsp3) is 0.333. The Hall–Kier alpha value is -2.33. The average Bonchev–Trinajstić information content (AvgIpc) is 3.35. The molecule has 127 valence electrons. The van der Waals surface area contributed by atoms with Gasteiger partial charge in [-0.25, -0.2) is 0 Å². The summed E-state index contributed by atoms with van der Waals surface area (Å²) < 4.78 is 0. The Kier molecular flexibility index (Phi) is 3.04.